The summed E-state index contributed by atoms with van der Waals surface area (Å²) in [6.07, 6.45) is -1.05. The first-order valence-corrected chi connectivity index (χ1v) is 10.1. The summed E-state index contributed by atoms with van der Waals surface area (Å²) in [5.41, 5.74) is 0. The van der Waals surface area contributed by atoms with Crippen LogP contribution in [0.4, 0.5) is 4.79 Å². The van der Waals surface area contributed by atoms with E-state index in [1.165, 1.54) is 13.0 Å². The molecule has 0 aromatic rings. The van der Waals surface area contributed by atoms with E-state index < -0.39 is 54.6 Å². The number of carbonyl (C=O) groups is 4. The molecule has 1 aliphatic rings. The highest BCUT2D eigenvalue weighted by atomic mass is 16.7. The molecule has 0 bridgehead atoms. The highest BCUT2D eigenvalue weighted by Gasteiger charge is 2.51. The molecule has 0 unspecified atom stereocenters. The van der Waals surface area contributed by atoms with Gasteiger partial charge in [0.05, 0.1) is 6.61 Å². The summed E-state index contributed by atoms with van der Waals surface area (Å²) in [6, 6.07) is -1.10. The largest absolute Gasteiger partial charge is 0.463 e. The molecule has 1 fully saturated rings. The van der Waals surface area contributed by atoms with Gasteiger partial charge in [-0.05, 0) is 12.8 Å². The maximum atomic E-state index is 12.2. The fourth-order valence-corrected chi connectivity index (χ4v) is 2.94. The molecule has 11 nitrogen and oxygen atoms in total. The van der Waals surface area contributed by atoms with E-state index in [0.717, 1.165) is 13.8 Å². The zero-order valence-corrected chi connectivity index (χ0v) is 18.6. The van der Waals surface area contributed by atoms with Crippen molar-refractivity contribution in [2.24, 2.45) is 0 Å². The van der Waals surface area contributed by atoms with E-state index in [0.29, 0.717) is 12.8 Å². The van der Waals surface area contributed by atoms with Crippen LogP contribution in [0.5, 0.6) is 0 Å². The number of hydrogen-bond donors (Lipinski definition) is 1. The van der Waals surface area contributed by atoms with Gasteiger partial charge in [-0.3, -0.25) is 14.4 Å². The van der Waals surface area contributed by atoms with Crippen molar-refractivity contribution in [3.05, 3.63) is 25.3 Å². The zero-order chi connectivity index (χ0) is 24.1. The fourth-order valence-electron chi connectivity index (χ4n) is 2.94. The number of allylic oxidation sites excluding steroid dienone is 1. The van der Waals surface area contributed by atoms with Gasteiger partial charge in [-0.1, -0.05) is 18.7 Å². The number of amides is 1. The molecule has 1 heterocycles. The second kappa shape index (κ2) is 14.2. The van der Waals surface area contributed by atoms with Crippen molar-refractivity contribution in [3.8, 4) is 0 Å². The van der Waals surface area contributed by atoms with E-state index in [1.54, 1.807) is 6.08 Å². The Morgan fingerprint density at radius 1 is 0.938 bits per heavy atom. The summed E-state index contributed by atoms with van der Waals surface area (Å²) >= 11 is 0. The van der Waals surface area contributed by atoms with E-state index in [-0.39, 0.29) is 19.8 Å². The Bertz CT molecular complexity index is 679. The Labute approximate surface area is 187 Å². The number of carbonyl (C=O) groups excluding carboxylic acids is 4. The smallest absolute Gasteiger partial charge is 0.407 e. The molecule has 1 rings (SSSR count). The molecular weight excluding hydrogens is 426 g/mol. The average molecular weight is 457 g/mol. The van der Waals surface area contributed by atoms with Crippen LogP contribution in [0.15, 0.2) is 25.3 Å². The van der Waals surface area contributed by atoms with Crippen molar-refractivity contribution >= 4 is 24.0 Å². The minimum atomic E-state index is -1.22. The summed E-state index contributed by atoms with van der Waals surface area (Å²) in [6.45, 7) is 10.5. The minimum absolute atomic E-state index is 0.0645. The van der Waals surface area contributed by atoms with E-state index in [2.05, 4.69) is 18.5 Å². The monoisotopic (exact) mass is 457 g/mol. The molecule has 0 aromatic carbocycles. The molecule has 1 aliphatic heterocycles. The van der Waals surface area contributed by atoms with Gasteiger partial charge in [0, 0.05) is 20.8 Å². The number of alkyl carbamates (subject to hydrolysis) is 1. The molecular formula is C21H31NO10. The molecule has 5 atom stereocenters. The first-order chi connectivity index (χ1) is 15.2. The van der Waals surface area contributed by atoms with Gasteiger partial charge in [0.15, 0.2) is 18.5 Å². The van der Waals surface area contributed by atoms with Crippen LogP contribution >= 0.6 is 0 Å². The van der Waals surface area contributed by atoms with Gasteiger partial charge in [-0.2, -0.15) is 0 Å². The normalized spacial score (nSPS) is 24.5. The van der Waals surface area contributed by atoms with Gasteiger partial charge < -0.3 is 33.7 Å². The number of ether oxygens (including phenoxy) is 6. The summed E-state index contributed by atoms with van der Waals surface area (Å²) in [7, 11) is 0. The number of rotatable bonds is 12. The molecule has 180 valence electrons. The molecule has 0 spiro atoms. The predicted molar refractivity (Wildman–Crippen MR) is 110 cm³/mol. The van der Waals surface area contributed by atoms with Crippen LogP contribution in [0, 0.1) is 0 Å². The van der Waals surface area contributed by atoms with Crippen molar-refractivity contribution in [1.29, 1.82) is 0 Å². The Kier molecular flexibility index (Phi) is 12.0. The fraction of sp³-hybridized carbons (Fsp3) is 0.619. The van der Waals surface area contributed by atoms with Crippen LogP contribution in [-0.2, 0) is 42.8 Å². The third-order valence-electron chi connectivity index (χ3n) is 4.15. The van der Waals surface area contributed by atoms with Gasteiger partial charge in [0.2, 0.25) is 0 Å². The van der Waals surface area contributed by atoms with Gasteiger partial charge in [-0.25, -0.2) is 4.79 Å². The lowest BCUT2D eigenvalue weighted by Gasteiger charge is -2.44. The van der Waals surface area contributed by atoms with Gasteiger partial charge in [0.25, 0.3) is 0 Å². The van der Waals surface area contributed by atoms with Crippen molar-refractivity contribution in [1.82, 2.24) is 5.32 Å². The number of hydrogen-bond acceptors (Lipinski definition) is 10. The number of nitrogens with one attached hydrogen (secondary N) is 1. The lowest BCUT2D eigenvalue weighted by Crippen LogP contribution is -2.66. The first kappa shape index (κ1) is 27.1. The van der Waals surface area contributed by atoms with E-state index >= 15 is 0 Å². The highest BCUT2D eigenvalue weighted by Crippen LogP contribution is 2.28. The summed E-state index contributed by atoms with van der Waals surface area (Å²) in [5.74, 6) is -1.98. The Morgan fingerprint density at radius 2 is 1.59 bits per heavy atom. The topological polar surface area (TPSA) is 136 Å². The number of unbranched alkanes of at least 4 members (excludes halogenated alkanes) is 1. The molecule has 1 N–H and O–H groups in total. The Hall–Kier alpha value is -2.92. The second-order valence-electron chi connectivity index (χ2n) is 6.85. The predicted octanol–water partition coefficient (Wildman–Crippen LogP) is 1.40. The second-order valence-corrected chi connectivity index (χ2v) is 6.85. The van der Waals surface area contributed by atoms with Crippen molar-refractivity contribution in [2.75, 3.05) is 19.8 Å². The zero-order valence-electron chi connectivity index (χ0n) is 18.6. The minimum Gasteiger partial charge on any atom is -0.463 e. The Morgan fingerprint density at radius 3 is 2.16 bits per heavy atom. The van der Waals surface area contributed by atoms with Crippen LogP contribution in [-0.4, -0.2) is 74.5 Å². The van der Waals surface area contributed by atoms with Crippen molar-refractivity contribution in [3.63, 3.8) is 0 Å². The Balaban J connectivity index is 3.24. The third kappa shape index (κ3) is 9.48. The molecule has 0 aliphatic carbocycles. The van der Waals surface area contributed by atoms with E-state index in [1.807, 2.05) is 0 Å². The molecule has 1 amide bonds. The standard InChI is InChI=1S/C21H31NO10/c1-6-8-9-11-27-20-17(22-21(26)28-10-7-2)19(31-15(5)25)18(30-14(4)24)16(32-20)12-29-13(3)23/h6-7,16-20H,1-2,8-12H2,3-5H3,(H,22,26)/t16-,17-,18-,19-,20-/m0/s1. The van der Waals surface area contributed by atoms with Crippen molar-refractivity contribution in [2.45, 2.75) is 64.3 Å². The van der Waals surface area contributed by atoms with Crippen LogP contribution in [0.2, 0.25) is 0 Å². The molecule has 0 saturated carbocycles. The lowest BCUT2D eigenvalue weighted by molar-refractivity contribution is -0.277. The van der Waals surface area contributed by atoms with Crippen molar-refractivity contribution < 1.29 is 47.6 Å². The number of esters is 3. The summed E-state index contributed by atoms with van der Waals surface area (Å²) < 4.78 is 32.3. The molecule has 11 heteroatoms. The SMILES string of the molecule is C=CCCCO[C@H]1O[C@@H](COC(C)=O)[C@H](OC(C)=O)[C@@H](OC(C)=O)[C@@H]1NC(=O)OCC=C. The first-order valence-electron chi connectivity index (χ1n) is 10.1. The molecule has 1 saturated heterocycles. The quantitative estimate of drug-likeness (QED) is 0.198. The average Bonchev–Trinajstić information content (AvgIpc) is 2.71. The van der Waals surface area contributed by atoms with E-state index in [4.69, 9.17) is 28.4 Å². The van der Waals surface area contributed by atoms with Gasteiger partial charge in [-0.15, -0.1) is 6.58 Å². The maximum absolute atomic E-state index is 12.2. The highest BCUT2D eigenvalue weighted by molar-refractivity contribution is 5.69. The van der Waals surface area contributed by atoms with Crippen LogP contribution in [0.3, 0.4) is 0 Å². The molecule has 0 radical (unpaired) electrons. The molecule has 0 aromatic heterocycles. The van der Waals surface area contributed by atoms with Crippen LogP contribution in [0.1, 0.15) is 33.6 Å². The van der Waals surface area contributed by atoms with Crippen LogP contribution in [0.25, 0.3) is 0 Å². The van der Waals surface area contributed by atoms with Crippen LogP contribution < -0.4 is 5.32 Å². The van der Waals surface area contributed by atoms with Gasteiger partial charge >= 0.3 is 24.0 Å². The van der Waals surface area contributed by atoms with E-state index in [9.17, 15) is 19.2 Å². The maximum Gasteiger partial charge on any atom is 0.407 e. The summed E-state index contributed by atoms with van der Waals surface area (Å²) in [4.78, 5) is 47.1. The summed E-state index contributed by atoms with van der Waals surface area (Å²) in [5, 5.41) is 2.53. The molecule has 32 heavy (non-hydrogen) atoms. The third-order valence-corrected chi connectivity index (χ3v) is 4.15. The van der Waals surface area contributed by atoms with Gasteiger partial charge in [0.1, 0.15) is 25.4 Å². The lowest BCUT2D eigenvalue weighted by atomic mass is 9.96.